The Kier molecular flexibility index (Phi) is 3.39. The third-order valence-corrected chi connectivity index (χ3v) is 1.71. The molecule has 0 spiro atoms. The van der Waals surface area contributed by atoms with Gasteiger partial charge in [-0.15, -0.1) is 0 Å². The number of carboxylic acids is 1. The summed E-state index contributed by atoms with van der Waals surface area (Å²) in [5, 5.41) is 11.4. The van der Waals surface area contributed by atoms with Crippen molar-refractivity contribution in [3.63, 3.8) is 0 Å². The Morgan fingerprint density at radius 2 is 2.29 bits per heavy atom. The maximum absolute atomic E-state index is 10.3. The fourth-order valence-electron chi connectivity index (χ4n) is 0.993. The molecule has 0 aliphatic rings. The van der Waals surface area contributed by atoms with Gasteiger partial charge in [-0.05, 0) is 13.8 Å². The zero-order chi connectivity index (χ0) is 10.6. The summed E-state index contributed by atoms with van der Waals surface area (Å²) in [5.41, 5.74) is 1.59. The van der Waals surface area contributed by atoms with E-state index in [1.54, 1.807) is 6.20 Å². The van der Waals surface area contributed by atoms with Gasteiger partial charge in [0.05, 0.1) is 17.8 Å². The van der Waals surface area contributed by atoms with Crippen molar-refractivity contribution < 1.29 is 9.90 Å². The van der Waals surface area contributed by atoms with Crippen molar-refractivity contribution in [3.8, 4) is 0 Å². The van der Waals surface area contributed by atoms with Crippen molar-refractivity contribution in [2.75, 3.05) is 11.9 Å². The van der Waals surface area contributed by atoms with Crippen LogP contribution in [0.5, 0.6) is 0 Å². The Hall–Kier alpha value is -1.65. The van der Waals surface area contributed by atoms with E-state index in [-0.39, 0.29) is 6.42 Å². The Morgan fingerprint density at radius 3 is 2.93 bits per heavy atom. The minimum atomic E-state index is -0.823. The van der Waals surface area contributed by atoms with Crippen LogP contribution in [0.1, 0.15) is 17.8 Å². The number of rotatable bonds is 4. The molecule has 0 unspecified atom stereocenters. The van der Waals surface area contributed by atoms with Gasteiger partial charge in [-0.2, -0.15) is 0 Å². The summed E-state index contributed by atoms with van der Waals surface area (Å²) >= 11 is 0. The van der Waals surface area contributed by atoms with Crippen molar-refractivity contribution >= 4 is 11.8 Å². The number of anilines is 1. The average Bonchev–Trinajstić information content (AvgIpc) is 2.10. The van der Waals surface area contributed by atoms with Crippen molar-refractivity contribution in [1.29, 1.82) is 0 Å². The number of aliphatic carboxylic acids is 1. The molecule has 0 bridgehead atoms. The minimum Gasteiger partial charge on any atom is -0.481 e. The van der Waals surface area contributed by atoms with E-state index in [0.29, 0.717) is 12.4 Å². The maximum atomic E-state index is 10.3. The molecule has 5 heteroatoms. The molecule has 1 aromatic heterocycles. The lowest BCUT2D eigenvalue weighted by Crippen LogP contribution is -2.10. The fraction of sp³-hybridized carbons (Fsp3) is 0.444. The van der Waals surface area contributed by atoms with Crippen molar-refractivity contribution in [1.82, 2.24) is 9.97 Å². The van der Waals surface area contributed by atoms with Crippen LogP contribution in [0.3, 0.4) is 0 Å². The highest BCUT2D eigenvalue weighted by Crippen LogP contribution is 2.07. The lowest BCUT2D eigenvalue weighted by molar-refractivity contribution is -0.136. The highest BCUT2D eigenvalue weighted by molar-refractivity contribution is 5.67. The zero-order valence-corrected chi connectivity index (χ0v) is 8.24. The molecule has 0 aromatic carbocycles. The summed E-state index contributed by atoms with van der Waals surface area (Å²) in [6.45, 7) is 4.04. The molecule has 0 saturated heterocycles. The fourth-order valence-corrected chi connectivity index (χ4v) is 0.993. The molecule has 0 fully saturated rings. The summed E-state index contributed by atoms with van der Waals surface area (Å²) in [7, 11) is 0. The maximum Gasteiger partial charge on any atom is 0.305 e. The third kappa shape index (κ3) is 3.01. The number of nitrogens with one attached hydrogen (secondary N) is 1. The molecule has 2 N–H and O–H groups in total. The summed E-state index contributed by atoms with van der Waals surface area (Å²) in [6.07, 6.45) is 1.76. The van der Waals surface area contributed by atoms with Gasteiger partial charge in [0.25, 0.3) is 0 Å². The predicted octanol–water partition coefficient (Wildman–Crippen LogP) is 0.980. The second-order valence-electron chi connectivity index (χ2n) is 3.02. The minimum absolute atomic E-state index is 0.0784. The van der Waals surface area contributed by atoms with Crippen molar-refractivity contribution in [3.05, 3.63) is 17.6 Å². The molecular formula is C9H13N3O2. The van der Waals surface area contributed by atoms with Crippen LogP contribution in [0, 0.1) is 13.8 Å². The highest BCUT2D eigenvalue weighted by atomic mass is 16.4. The molecule has 0 saturated carbocycles. The van der Waals surface area contributed by atoms with E-state index in [4.69, 9.17) is 5.11 Å². The Labute approximate surface area is 82.2 Å². The number of carbonyl (C=O) groups is 1. The summed E-state index contributed by atoms with van der Waals surface area (Å²) in [6, 6.07) is 0. The molecule has 0 amide bonds. The van der Waals surface area contributed by atoms with E-state index in [0.717, 1.165) is 11.4 Å². The number of carboxylic acid groups (broad SMARTS) is 1. The molecular weight excluding hydrogens is 182 g/mol. The summed E-state index contributed by atoms with van der Waals surface area (Å²) in [4.78, 5) is 18.6. The van der Waals surface area contributed by atoms with Crippen LogP contribution in [0.15, 0.2) is 6.20 Å². The lowest BCUT2D eigenvalue weighted by atomic mass is 10.4. The first kappa shape index (κ1) is 10.4. The van der Waals surface area contributed by atoms with Gasteiger partial charge >= 0.3 is 5.97 Å². The van der Waals surface area contributed by atoms with Crippen LogP contribution in [-0.2, 0) is 4.79 Å². The molecule has 0 radical (unpaired) electrons. The largest absolute Gasteiger partial charge is 0.481 e. The molecule has 0 aliphatic heterocycles. The molecule has 1 heterocycles. The van der Waals surface area contributed by atoms with Gasteiger partial charge in [-0.1, -0.05) is 0 Å². The molecule has 76 valence electrons. The predicted molar refractivity (Wildman–Crippen MR) is 52.2 cm³/mol. The van der Waals surface area contributed by atoms with Gasteiger partial charge in [0, 0.05) is 12.7 Å². The quantitative estimate of drug-likeness (QED) is 0.749. The first-order valence-electron chi connectivity index (χ1n) is 4.35. The van der Waals surface area contributed by atoms with Crippen LogP contribution in [-0.4, -0.2) is 27.6 Å². The highest BCUT2D eigenvalue weighted by Gasteiger charge is 2.02. The van der Waals surface area contributed by atoms with Crippen LogP contribution >= 0.6 is 0 Å². The Bertz CT molecular complexity index is 339. The van der Waals surface area contributed by atoms with Gasteiger partial charge in [-0.3, -0.25) is 9.78 Å². The van der Waals surface area contributed by atoms with E-state index in [9.17, 15) is 4.79 Å². The summed E-state index contributed by atoms with van der Waals surface area (Å²) in [5.74, 6) is -0.165. The number of aryl methyl sites for hydroxylation is 2. The molecule has 14 heavy (non-hydrogen) atoms. The first-order valence-corrected chi connectivity index (χ1v) is 4.35. The van der Waals surface area contributed by atoms with Crippen molar-refractivity contribution in [2.45, 2.75) is 20.3 Å². The van der Waals surface area contributed by atoms with Gasteiger partial charge < -0.3 is 10.4 Å². The van der Waals surface area contributed by atoms with Crippen LogP contribution in [0.2, 0.25) is 0 Å². The standard InChI is InChI=1S/C9H13N3O2/c1-6-5-11-7(2)9(12-6)10-4-3-8(13)14/h5H,3-4H2,1-2H3,(H,10,12)(H,13,14). The molecule has 0 aliphatic carbocycles. The number of nitrogens with zero attached hydrogens (tertiary/aromatic N) is 2. The normalized spacial score (nSPS) is 9.86. The molecule has 1 rings (SSSR count). The van der Waals surface area contributed by atoms with Gasteiger partial charge in [0.2, 0.25) is 0 Å². The number of aromatic nitrogens is 2. The van der Waals surface area contributed by atoms with Crippen LogP contribution in [0.4, 0.5) is 5.82 Å². The second-order valence-corrected chi connectivity index (χ2v) is 3.02. The number of hydrogen-bond acceptors (Lipinski definition) is 4. The summed E-state index contributed by atoms with van der Waals surface area (Å²) < 4.78 is 0. The topological polar surface area (TPSA) is 75.1 Å². The molecule has 1 aromatic rings. The zero-order valence-electron chi connectivity index (χ0n) is 8.24. The van der Waals surface area contributed by atoms with Gasteiger partial charge in [-0.25, -0.2) is 4.98 Å². The van der Waals surface area contributed by atoms with Gasteiger partial charge in [0.1, 0.15) is 5.82 Å². The van der Waals surface area contributed by atoms with E-state index < -0.39 is 5.97 Å². The average molecular weight is 195 g/mol. The van der Waals surface area contributed by atoms with E-state index >= 15 is 0 Å². The SMILES string of the molecule is Cc1cnc(C)c(NCCC(=O)O)n1. The van der Waals surface area contributed by atoms with Crippen molar-refractivity contribution in [2.24, 2.45) is 0 Å². The third-order valence-electron chi connectivity index (χ3n) is 1.71. The Morgan fingerprint density at radius 1 is 1.57 bits per heavy atom. The lowest BCUT2D eigenvalue weighted by Gasteiger charge is -2.06. The van der Waals surface area contributed by atoms with Crippen LogP contribution in [0.25, 0.3) is 0 Å². The van der Waals surface area contributed by atoms with E-state index in [1.807, 2.05) is 13.8 Å². The van der Waals surface area contributed by atoms with Gasteiger partial charge in [0.15, 0.2) is 0 Å². The Balaban J connectivity index is 2.57. The molecule has 0 atom stereocenters. The van der Waals surface area contributed by atoms with E-state index in [2.05, 4.69) is 15.3 Å². The van der Waals surface area contributed by atoms with E-state index in [1.165, 1.54) is 0 Å². The van der Waals surface area contributed by atoms with Crippen LogP contribution < -0.4 is 5.32 Å². The number of hydrogen-bond donors (Lipinski definition) is 2. The first-order chi connectivity index (χ1) is 6.59. The monoisotopic (exact) mass is 195 g/mol. The smallest absolute Gasteiger partial charge is 0.305 e. The second kappa shape index (κ2) is 4.55. The molecule has 5 nitrogen and oxygen atoms in total.